The van der Waals surface area contributed by atoms with E-state index in [1.165, 1.54) is 5.57 Å². The highest BCUT2D eigenvalue weighted by Crippen LogP contribution is 2.34. The van der Waals surface area contributed by atoms with Crippen LogP contribution in [0.2, 0.25) is 0 Å². The molecular weight excluding hydrogens is 328 g/mol. The van der Waals surface area contributed by atoms with Crippen LogP contribution in [0.25, 0.3) is 11.2 Å². The summed E-state index contributed by atoms with van der Waals surface area (Å²) in [7, 11) is 3.68. The van der Waals surface area contributed by atoms with Crippen molar-refractivity contribution in [2.45, 2.75) is 38.6 Å². The third kappa shape index (κ3) is 2.83. The summed E-state index contributed by atoms with van der Waals surface area (Å²) in [6.07, 6.45) is 8.05. The normalized spacial score (nSPS) is 15.6. The van der Waals surface area contributed by atoms with Gasteiger partial charge in [-0.25, -0.2) is 9.97 Å². The van der Waals surface area contributed by atoms with E-state index in [9.17, 15) is 0 Å². The van der Waals surface area contributed by atoms with E-state index in [1.807, 2.05) is 19.2 Å². The Balaban J connectivity index is 1.61. The van der Waals surface area contributed by atoms with Crippen LogP contribution in [0.15, 0.2) is 30.6 Å². The predicted octanol–water partition coefficient (Wildman–Crippen LogP) is 3.90. The number of nitrogens with zero attached hydrogens (tertiary/aromatic N) is 5. The fourth-order valence-electron chi connectivity index (χ4n) is 3.60. The molecule has 3 aromatic rings. The van der Waals surface area contributed by atoms with Gasteiger partial charge in [0.05, 0.1) is 31.2 Å². The van der Waals surface area contributed by atoms with Crippen molar-refractivity contribution in [2.75, 3.05) is 12.4 Å². The molecule has 136 valence electrons. The van der Waals surface area contributed by atoms with Gasteiger partial charge in [-0.2, -0.15) is 4.98 Å². The van der Waals surface area contributed by atoms with Gasteiger partial charge in [0, 0.05) is 13.1 Å². The number of hydrogen-bond acceptors (Lipinski definition) is 5. The Morgan fingerprint density at radius 3 is 2.69 bits per heavy atom. The van der Waals surface area contributed by atoms with Crippen LogP contribution < -0.4 is 10.1 Å². The van der Waals surface area contributed by atoms with E-state index < -0.39 is 0 Å². The van der Waals surface area contributed by atoms with Crippen LogP contribution in [0.5, 0.6) is 5.88 Å². The lowest BCUT2D eigenvalue weighted by atomic mass is 9.92. The minimum Gasteiger partial charge on any atom is -0.481 e. The zero-order valence-corrected chi connectivity index (χ0v) is 15.5. The largest absolute Gasteiger partial charge is 0.481 e. The van der Waals surface area contributed by atoms with E-state index in [0.29, 0.717) is 17.9 Å². The maximum absolute atomic E-state index is 5.16. The number of pyridine rings is 1. The van der Waals surface area contributed by atoms with Gasteiger partial charge in [0.15, 0.2) is 5.65 Å². The smallest absolute Gasteiger partial charge is 0.229 e. The summed E-state index contributed by atoms with van der Waals surface area (Å²) < 4.78 is 9.59. The summed E-state index contributed by atoms with van der Waals surface area (Å²) >= 11 is 0. The molecule has 0 radical (unpaired) electrons. The Bertz CT molecular complexity index is 960. The van der Waals surface area contributed by atoms with Gasteiger partial charge in [-0.15, -0.1) is 0 Å². The predicted molar refractivity (Wildman–Crippen MR) is 102 cm³/mol. The first kappa shape index (κ1) is 16.6. The molecule has 7 nitrogen and oxygen atoms in total. The maximum atomic E-state index is 5.16. The van der Waals surface area contributed by atoms with E-state index in [0.717, 1.165) is 48.1 Å². The van der Waals surface area contributed by atoms with Gasteiger partial charge in [0.2, 0.25) is 11.8 Å². The molecule has 7 heteroatoms. The maximum Gasteiger partial charge on any atom is 0.229 e. The van der Waals surface area contributed by atoms with E-state index in [-0.39, 0.29) is 0 Å². The molecule has 0 aliphatic heterocycles. The van der Waals surface area contributed by atoms with Gasteiger partial charge in [0.1, 0.15) is 5.52 Å². The molecule has 0 bridgehead atoms. The number of anilines is 2. The van der Waals surface area contributed by atoms with Crippen LogP contribution in [0.1, 0.15) is 37.3 Å². The van der Waals surface area contributed by atoms with Crippen molar-refractivity contribution in [3.05, 3.63) is 36.2 Å². The third-order valence-electron chi connectivity index (χ3n) is 5.19. The molecule has 1 aliphatic carbocycles. The highest BCUT2D eigenvalue weighted by atomic mass is 16.5. The first-order valence-electron chi connectivity index (χ1n) is 8.91. The van der Waals surface area contributed by atoms with Crippen LogP contribution in [-0.2, 0) is 7.05 Å². The molecule has 3 aromatic heterocycles. The molecular formula is C19H24N6O. The van der Waals surface area contributed by atoms with Crippen LogP contribution in [0, 0.1) is 6.92 Å². The van der Waals surface area contributed by atoms with Crippen molar-refractivity contribution in [1.29, 1.82) is 0 Å². The van der Waals surface area contributed by atoms with Crippen molar-refractivity contribution in [3.63, 3.8) is 0 Å². The lowest BCUT2D eigenvalue weighted by molar-refractivity contribution is 0.329. The lowest BCUT2D eigenvalue weighted by Gasteiger charge is -2.32. The summed E-state index contributed by atoms with van der Waals surface area (Å²) in [5.74, 6) is 1.18. The number of hydrogen-bond donors (Lipinski definition) is 1. The molecule has 3 heterocycles. The number of aryl methyl sites for hydroxylation is 2. The number of aromatic nitrogens is 5. The van der Waals surface area contributed by atoms with Crippen LogP contribution >= 0.6 is 0 Å². The highest BCUT2D eigenvalue weighted by Gasteiger charge is 2.24. The molecule has 26 heavy (non-hydrogen) atoms. The molecule has 1 N–H and O–H groups in total. The first-order valence-corrected chi connectivity index (χ1v) is 8.91. The fourth-order valence-corrected chi connectivity index (χ4v) is 3.60. The second-order valence-electron chi connectivity index (χ2n) is 6.92. The van der Waals surface area contributed by atoms with Crippen LogP contribution in [0.3, 0.4) is 0 Å². The lowest BCUT2D eigenvalue weighted by Crippen LogP contribution is -2.28. The van der Waals surface area contributed by atoms with Crippen LogP contribution in [0.4, 0.5) is 11.6 Å². The second-order valence-corrected chi connectivity index (χ2v) is 6.92. The monoisotopic (exact) mass is 352 g/mol. The Hall–Kier alpha value is -2.83. The fraction of sp³-hybridized carbons (Fsp3) is 0.421. The highest BCUT2D eigenvalue weighted by molar-refractivity contribution is 5.75. The summed E-state index contributed by atoms with van der Waals surface area (Å²) in [4.78, 5) is 13.4. The quantitative estimate of drug-likeness (QED) is 0.721. The number of rotatable bonds is 4. The summed E-state index contributed by atoms with van der Waals surface area (Å²) in [6.45, 7) is 6.12. The summed E-state index contributed by atoms with van der Waals surface area (Å²) in [5, 5.41) is 3.27. The zero-order chi connectivity index (χ0) is 18.3. The standard InChI is InChI=1S/C19H24N6O/c1-12-5-7-14(8-6-12)25-18-16(24(25)3)11-21-19(23-18)22-15-10-20-17(26-4)9-13(15)2/h9-11,14H,1,5-8H2,2-4H3,(H,21,22,23). The molecule has 1 fully saturated rings. The Morgan fingerprint density at radius 2 is 2.00 bits per heavy atom. The molecule has 0 unspecified atom stereocenters. The van der Waals surface area contributed by atoms with Gasteiger partial charge in [-0.1, -0.05) is 12.2 Å². The molecule has 0 amide bonds. The SMILES string of the molecule is C=C1CCC(n2c3nc(Nc4cnc(OC)cc4C)ncc3n2C)CC1. The minimum absolute atomic E-state index is 0.477. The molecule has 4 rings (SSSR count). The summed E-state index contributed by atoms with van der Waals surface area (Å²) in [5.41, 5.74) is 5.31. The number of methoxy groups -OCH3 is 1. The second kappa shape index (κ2) is 6.48. The van der Waals surface area contributed by atoms with Crippen molar-refractivity contribution >= 4 is 22.8 Å². The molecule has 0 aromatic carbocycles. The topological polar surface area (TPSA) is 69.8 Å². The van der Waals surface area contributed by atoms with Gasteiger partial charge in [-0.05, 0) is 38.2 Å². The molecule has 0 spiro atoms. The average Bonchev–Trinajstić information content (AvgIpc) is 2.65. The van der Waals surface area contributed by atoms with Gasteiger partial charge < -0.3 is 10.1 Å². The Labute approximate surface area is 152 Å². The third-order valence-corrected chi connectivity index (χ3v) is 5.19. The van der Waals surface area contributed by atoms with Gasteiger partial charge in [0.25, 0.3) is 0 Å². The van der Waals surface area contributed by atoms with E-state index in [4.69, 9.17) is 9.72 Å². The molecule has 0 atom stereocenters. The number of allylic oxidation sites excluding steroid dienone is 1. The molecule has 1 aliphatic rings. The Kier molecular flexibility index (Phi) is 4.14. The number of fused-ring (bicyclic) bond motifs is 1. The van der Waals surface area contributed by atoms with E-state index in [1.54, 1.807) is 13.3 Å². The summed E-state index contributed by atoms with van der Waals surface area (Å²) in [6, 6.07) is 2.36. The number of ether oxygens (including phenoxy) is 1. The van der Waals surface area contributed by atoms with E-state index >= 15 is 0 Å². The first-order chi connectivity index (χ1) is 12.6. The van der Waals surface area contributed by atoms with Crippen LogP contribution in [-0.4, -0.2) is 31.4 Å². The van der Waals surface area contributed by atoms with Crippen molar-refractivity contribution in [1.82, 2.24) is 24.3 Å². The minimum atomic E-state index is 0.477. The van der Waals surface area contributed by atoms with Gasteiger partial charge >= 0.3 is 0 Å². The van der Waals surface area contributed by atoms with Crippen molar-refractivity contribution in [3.8, 4) is 5.88 Å². The van der Waals surface area contributed by atoms with Crippen molar-refractivity contribution in [2.24, 2.45) is 7.05 Å². The van der Waals surface area contributed by atoms with Crippen molar-refractivity contribution < 1.29 is 4.74 Å². The zero-order valence-electron chi connectivity index (χ0n) is 15.5. The number of nitrogens with one attached hydrogen (secondary N) is 1. The Morgan fingerprint density at radius 1 is 1.23 bits per heavy atom. The molecule has 1 saturated carbocycles. The molecule has 0 saturated heterocycles. The van der Waals surface area contributed by atoms with E-state index in [2.05, 4.69) is 38.3 Å². The van der Waals surface area contributed by atoms with Gasteiger partial charge in [-0.3, -0.25) is 9.36 Å². The average molecular weight is 352 g/mol.